The van der Waals surface area contributed by atoms with Gasteiger partial charge >= 0.3 is 0 Å². The Morgan fingerprint density at radius 1 is 1.32 bits per heavy atom. The molecule has 22 heavy (non-hydrogen) atoms. The molecule has 3 heterocycles. The molecule has 1 aromatic rings. The van der Waals surface area contributed by atoms with Crippen molar-refractivity contribution in [3.63, 3.8) is 0 Å². The largest absolute Gasteiger partial charge is 0.339 e. The molecule has 3 rings (SSSR count). The third-order valence-electron chi connectivity index (χ3n) is 4.96. The van der Waals surface area contributed by atoms with E-state index in [1.807, 2.05) is 25.2 Å². The maximum Gasteiger partial charge on any atom is 0.244 e. The fraction of sp³-hybridized carbons (Fsp3) is 0.750. The van der Waals surface area contributed by atoms with Gasteiger partial charge in [0.05, 0.1) is 6.20 Å². The summed E-state index contributed by atoms with van der Waals surface area (Å²) in [4.78, 5) is 17.5. The van der Waals surface area contributed by atoms with Crippen LogP contribution >= 0.6 is 0 Å². The summed E-state index contributed by atoms with van der Waals surface area (Å²) in [5.41, 5.74) is 0.943. The predicted molar refractivity (Wildman–Crippen MR) is 85.4 cm³/mol. The Labute approximate surface area is 132 Å². The van der Waals surface area contributed by atoms with Gasteiger partial charge in [0, 0.05) is 37.9 Å². The Balaban J connectivity index is 1.67. The molecule has 0 aromatic carbocycles. The molecule has 6 nitrogen and oxygen atoms in total. The van der Waals surface area contributed by atoms with Gasteiger partial charge in [0.2, 0.25) is 5.91 Å². The molecule has 2 aliphatic heterocycles. The second-order valence-electron chi connectivity index (χ2n) is 6.49. The molecule has 2 atom stereocenters. The van der Waals surface area contributed by atoms with Crippen LogP contribution < -0.4 is 5.32 Å². The number of amides is 1. The third kappa shape index (κ3) is 3.17. The van der Waals surface area contributed by atoms with Crippen LogP contribution in [0.25, 0.3) is 0 Å². The number of carbonyl (C=O) groups is 1. The molecule has 2 unspecified atom stereocenters. The number of likely N-dealkylation sites (tertiary alicyclic amines) is 2. The van der Waals surface area contributed by atoms with Gasteiger partial charge in [-0.25, -0.2) is 0 Å². The van der Waals surface area contributed by atoms with Crippen LogP contribution in [-0.2, 0) is 11.8 Å². The second kappa shape index (κ2) is 6.79. The molecule has 2 saturated heterocycles. The number of nitrogens with one attached hydrogen (secondary N) is 1. The van der Waals surface area contributed by atoms with E-state index in [1.54, 1.807) is 10.9 Å². The predicted octanol–water partition coefficient (Wildman–Crippen LogP) is 0.767. The lowest BCUT2D eigenvalue weighted by atomic mass is 10.0. The van der Waals surface area contributed by atoms with E-state index in [0.717, 1.165) is 25.1 Å². The lowest BCUT2D eigenvalue weighted by Gasteiger charge is -2.38. The first-order valence-corrected chi connectivity index (χ1v) is 8.37. The van der Waals surface area contributed by atoms with Crippen molar-refractivity contribution in [1.82, 2.24) is 24.9 Å². The zero-order valence-electron chi connectivity index (χ0n) is 13.7. The van der Waals surface area contributed by atoms with E-state index in [4.69, 9.17) is 0 Å². The maximum atomic E-state index is 12.9. The highest BCUT2D eigenvalue weighted by Crippen LogP contribution is 2.23. The minimum Gasteiger partial charge on any atom is -0.339 e. The summed E-state index contributed by atoms with van der Waals surface area (Å²) >= 11 is 0. The number of nitrogens with zero attached hydrogens (tertiary/aromatic N) is 4. The Bertz CT molecular complexity index is 508. The van der Waals surface area contributed by atoms with Crippen LogP contribution in [-0.4, -0.2) is 64.8 Å². The van der Waals surface area contributed by atoms with E-state index in [-0.39, 0.29) is 11.9 Å². The Hall–Kier alpha value is -1.40. The van der Waals surface area contributed by atoms with Crippen LogP contribution in [0.1, 0.15) is 37.3 Å². The van der Waals surface area contributed by atoms with E-state index >= 15 is 0 Å². The SMILES string of the molecule is CNC(C(=O)N1CCCC(N2CCCC2)C1)c1cnn(C)c1. The van der Waals surface area contributed by atoms with Crippen LogP contribution in [0.5, 0.6) is 0 Å². The van der Waals surface area contributed by atoms with E-state index in [2.05, 4.69) is 15.3 Å². The quantitative estimate of drug-likeness (QED) is 0.893. The minimum atomic E-state index is -0.286. The molecule has 2 fully saturated rings. The van der Waals surface area contributed by atoms with Crippen molar-refractivity contribution < 1.29 is 4.79 Å². The van der Waals surface area contributed by atoms with Gasteiger partial charge in [-0.2, -0.15) is 5.10 Å². The van der Waals surface area contributed by atoms with Gasteiger partial charge in [-0.15, -0.1) is 0 Å². The average Bonchev–Trinajstić information content (AvgIpc) is 3.20. The van der Waals surface area contributed by atoms with Crippen LogP contribution in [0.4, 0.5) is 0 Å². The smallest absolute Gasteiger partial charge is 0.244 e. The zero-order chi connectivity index (χ0) is 15.5. The lowest BCUT2D eigenvalue weighted by molar-refractivity contribution is -0.135. The fourth-order valence-corrected chi connectivity index (χ4v) is 3.76. The highest BCUT2D eigenvalue weighted by Gasteiger charge is 2.32. The van der Waals surface area contributed by atoms with Crippen LogP contribution in [0.2, 0.25) is 0 Å². The lowest BCUT2D eigenvalue weighted by Crippen LogP contribution is -2.51. The van der Waals surface area contributed by atoms with Gasteiger partial charge in [0.25, 0.3) is 0 Å². The maximum absolute atomic E-state index is 12.9. The van der Waals surface area contributed by atoms with Gasteiger partial charge in [0.15, 0.2) is 0 Å². The molecular formula is C16H27N5O. The van der Waals surface area contributed by atoms with Crippen molar-refractivity contribution in [2.45, 2.75) is 37.8 Å². The summed E-state index contributed by atoms with van der Waals surface area (Å²) in [6.07, 6.45) is 8.64. The van der Waals surface area contributed by atoms with Crippen molar-refractivity contribution in [1.29, 1.82) is 0 Å². The van der Waals surface area contributed by atoms with E-state index < -0.39 is 0 Å². The molecule has 0 bridgehead atoms. The minimum absolute atomic E-state index is 0.180. The van der Waals surface area contributed by atoms with Gasteiger partial charge in [-0.05, 0) is 45.8 Å². The number of hydrogen-bond donors (Lipinski definition) is 1. The molecule has 0 spiro atoms. The molecule has 1 amide bonds. The van der Waals surface area contributed by atoms with Crippen molar-refractivity contribution in [3.05, 3.63) is 18.0 Å². The van der Waals surface area contributed by atoms with Gasteiger partial charge in [0.1, 0.15) is 6.04 Å². The number of likely N-dealkylation sites (N-methyl/N-ethyl adjacent to an activating group) is 1. The molecular weight excluding hydrogens is 278 g/mol. The average molecular weight is 305 g/mol. The van der Waals surface area contributed by atoms with E-state index in [0.29, 0.717) is 6.04 Å². The van der Waals surface area contributed by atoms with Crippen LogP contribution in [0.3, 0.4) is 0 Å². The summed E-state index contributed by atoms with van der Waals surface area (Å²) in [5, 5.41) is 7.34. The monoisotopic (exact) mass is 305 g/mol. The van der Waals surface area contributed by atoms with Crippen molar-refractivity contribution in [2.75, 3.05) is 33.2 Å². The van der Waals surface area contributed by atoms with Crippen LogP contribution in [0.15, 0.2) is 12.4 Å². The first kappa shape index (κ1) is 15.5. The first-order chi connectivity index (χ1) is 10.7. The van der Waals surface area contributed by atoms with Gasteiger partial charge < -0.3 is 10.2 Å². The highest BCUT2D eigenvalue weighted by atomic mass is 16.2. The molecule has 122 valence electrons. The molecule has 1 N–H and O–H groups in total. The number of aryl methyl sites for hydroxylation is 1. The molecule has 1 aromatic heterocycles. The first-order valence-electron chi connectivity index (χ1n) is 8.37. The standard InChI is InChI=1S/C16H27N5O/c1-17-15(13-10-18-19(2)11-13)16(22)21-9-5-6-14(12-21)20-7-3-4-8-20/h10-11,14-15,17H,3-9,12H2,1-2H3. The summed E-state index contributed by atoms with van der Waals surface area (Å²) < 4.78 is 1.75. The van der Waals surface area contributed by atoms with Crippen molar-refractivity contribution >= 4 is 5.91 Å². The molecule has 2 aliphatic rings. The van der Waals surface area contributed by atoms with Gasteiger partial charge in [-0.3, -0.25) is 14.4 Å². The highest BCUT2D eigenvalue weighted by molar-refractivity contribution is 5.83. The van der Waals surface area contributed by atoms with Crippen molar-refractivity contribution in [2.24, 2.45) is 7.05 Å². The summed E-state index contributed by atoms with van der Waals surface area (Å²) in [6.45, 7) is 4.15. The second-order valence-corrected chi connectivity index (χ2v) is 6.49. The molecule has 6 heteroatoms. The normalized spacial score (nSPS) is 24.6. The van der Waals surface area contributed by atoms with Crippen molar-refractivity contribution in [3.8, 4) is 0 Å². The number of hydrogen-bond acceptors (Lipinski definition) is 4. The Morgan fingerprint density at radius 3 is 2.73 bits per heavy atom. The Kier molecular flexibility index (Phi) is 4.78. The summed E-state index contributed by atoms with van der Waals surface area (Å²) in [5.74, 6) is 0.180. The Morgan fingerprint density at radius 2 is 2.09 bits per heavy atom. The molecule has 0 radical (unpaired) electrons. The van der Waals surface area contributed by atoms with E-state index in [1.165, 1.54) is 32.4 Å². The third-order valence-corrected chi connectivity index (χ3v) is 4.96. The number of aromatic nitrogens is 2. The number of piperidine rings is 1. The molecule has 0 aliphatic carbocycles. The number of carbonyl (C=O) groups excluding carboxylic acids is 1. The van der Waals surface area contributed by atoms with E-state index in [9.17, 15) is 4.79 Å². The summed E-state index contributed by atoms with van der Waals surface area (Å²) in [7, 11) is 3.72. The topological polar surface area (TPSA) is 53.4 Å². The zero-order valence-corrected chi connectivity index (χ0v) is 13.7. The van der Waals surface area contributed by atoms with Gasteiger partial charge in [-0.1, -0.05) is 0 Å². The van der Waals surface area contributed by atoms with Crippen LogP contribution in [0, 0.1) is 0 Å². The number of rotatable bonds is 4. The summed E-state index contributed by atoms with van der Waals surface area (Å²) in [6, 6.07) is 0.262. The fourth-order valence-electron chi connectivity index (χ4n) is 3.76. The molecule has 0 saturated carbocycles.